The summed E-state index contributed by atoms with van der Waals surface area (Å²) in [4.78, 5) is 7.97. The normalized spacial score (nSPS) is 12.1. The topological polar surface area (TPSA) is 70.3 Å². The molecule has 0 saturated heterocycles. The molecule has 2 aromatic rings. The molecular weight excluding hydrogens is 287 g/mol. The maximum Gasteiger partial charge on any atom is 0.240 e. The molecule has 0 aliphatic carbocycles. The molecule has 5 nitrogen and oxygen atoms in total. The number of benzene rings is 1. The van der Waals surface area contributed by atoms with Gasteiger partial charge in [0.25, 0.3) is 0 Å². The second-order valence-corrected chi connectivity index (χ2v) is 4.08. The van der Waals surface area contributed by atoms with E-state index in [1.807, 2.05) is 0 Å². The van der Waals surface area contributed by atoms with Gasteiger partial charge in [-0.25, -0.2) is 18.2 Å². The van der Waals surface area contributed by atoms with Crippen molar-refractivity contribution in [3.8, 4) is 11.8 Å². The molecule has 0 amide bonds. The average molecular weight is 299 g/mol. The molecule has 2 rings (SSSR count). The number of nitrogens with zero attached hydrogens (tertiary/aromatic N) is 2. The van der Waals surface area contributed by atoms with Crippen LogP contribution in [0.1, 0.15) is 17.3 Å². The molecule has 8 heteroatoms. The van der Waals surface area contributed by atoms with Crippen molar-refractivity contribution in [3.63, 3.8) is 0 Å². The lowest BCUT2D eigenvalue weighted by Gasteiger charge is -2.15. The summed E-state index contributed by atoms with van der Waals surface area (Å²) < 4.78 is 49.4. The molecule has 1 atom stereocenters. The lowest BCUT2D eigenvalue weighted by molar-refractivity contribution is 0.355. The quantitative estimate of drug-likeness (QED) is 0.874. The van der Waals surface area contributed by atoms with Gasteiger partial charge in [0.05, 0.1) is 26.5 Å². The van der Waals surface area contributed by atoms with Crippen molar-refractivity contribution >= 4 is 0 Å². The molecule has 0 spiro atoms. The van der Waals surface area contributed by atoms with E-state index in [1.165, 1.54) is 20.4 Å². The van der Waals surface area contributed by atoms with Gasteiger partial charge in [0.1, 0.15) is 5.69 Å². The van der Waals surface area contributed by atoms with E-state index >= 15 is 0 Å². The summed E-state index contributed by atoms with van der Waals surface area (Å²) in [6.07, 6.45) is 1.29. The minimum atomic E-state index is -1.56. The van der Waals surface area contributed by atoms with Crippen molar-refractivity contribution in [1.29, 1.82) is 0 Å². The Bertz CT molecular complexity index is 644. The molecule has 112 valence electrons. The molecule has 21 heavy (non-hydrogen) atoms. The summed E-state index contributed by atoms with van der Waals surface area (Å²) >= 11 is 0. The monoisotopic (exact) mass is 299 g/mol. The number of nitrogens with two attached hydrogens (primary N) is 1. The van der Waals surface area contributed by atoms with Crippen molar-refractivity contribution in [1.82, 2.24) is 9.97 Å². The highest BCUT2D eigenvalue weighted by atomic mass is 19.2. The Labute approximate surface area is 118 Å². The van der Waals surface area contributed by atoms with Crippen LogP contribution < -0.4 is 15.2 Å². The number of rotatable bonds is 4. The first-order valence-electron chi connectivity index (χ1n) is 5.82. The molecule has 0 saturated carbocycles. The summed E-state index contributed by atoms with van der Waals surface area (Å²) in [5.41, 5.74) is 6.04. The van der Waals surface area contributed by atoms with Crippen molar-refractivity contribution < 1.29 is 22.6 Å². The van der Waals surface area contributed by atoms with Crippen LogP contribution in [0.15, 0.2) is 18.3 Å². The summed E-state index contributed by atoms with van der Waals surface area (Å²) in [6.45, 7) is 0. The predicted molar refractivity (Wildman–Crippen MR) is 67.5 cm³/mol. The highest BCUT2D eigenvalue weighted by Gasteiger charge is 2.21. The molecule has 0 aliphatic rings. The molecule has 1 unspecified atom stereocenters. The van der Waals surface area contributed by atoms with E-state index in [1.54, 1.807) is 0 Å². The third-order valence-electron chi connectivity index (χ3n) is 2.81. The zero-order valence-electron chi connectivity index (χ0n) is 11.2. The van der Waals surface area contributed by atoms with Crippen LogP contribution in [0.25, 0.3) is 0 Å². The fourth-order valence-corrected chi connectivity index (χ4v) is 1.74. The lowest BCUT2D eigenvalue weighted by atomic mass is 10.0. The number of aromatic nitrogens is 2. The Balaban J connectivity index is 2.47. The van der Waals surface area contributed by atoms with Crippen molar-refractivity contribution in [2.24, 2.45) is 5.73 Å². The molecule has 1 aromatic carbocycles. The number of hydrogen-bond acceptors (Lipinski definition) is 5. The second kappa shape index (κ2) is 5.96. The van der Waals surface area contributed by atoms with Gasteiger partial charge in [0.15, 0.2) is 17.5 Å². The van der Waals surface area contributed by atoms with Gasteiger partial charge in [-0.15, -0.1) is 0 Å². The molecular formula is C13H12F3N3O2. The minimum Gasteiger partial charge on any atom is -0.480 e. The van der Waals surface area contributed by atoms with Crippen molar-refractivity contribution in [2.45, 2.75) is 6.04 Å². The molecule has 1 heterocycles. The Hall–Kier alpha value is -2.35. The molecule has 0 bridgehead atoms. The predicted octanol–water partition coefficient (Wildman–Crippen LogP) is 1.96. The van der Waals surface area contributed by atoms with Gasteiger partial charge in [-0.1, -0.05) is 0 Å². The SMILES string of the molecule is COc1cnc(C(N)c2cc(F)c(F)c(F)c2)c(OC)n1. The van der Waals surface area contributed by atoms with Crippen LogP contribution in [0.3, 0.4) is 0 Å². The van der Waals surface area contributed by atoms with E-state index in [9.17, 15) is 13.2 Å². The summed E-state index contributed by atoms with van der Waals surface area (Å²) in [7, 11) is 2.74. The van der Waals surface area contributed by atoms with Crippen molar-refractivity contribution in [2.75, 3.05) is 14.2 Å². The van der Waals surface area contributed by atoms with Crippen molar-refractivity contribution in [3.05, 3.63) is 47.0 Å². The summed E-state index contributed by atoms with van der Waals surface area (Å²) in [6, 6.07) is 0.561. The van der Waals surface area contributed by atoms with E-state index < -0.39 is 23.5 Å². The Morgan fingerprint density at radius 3 is 2.24 bits per heavy atom. The van der Waals surface area contributed by atoms with Crippen LogP contribution >= 0.6 is 0 Å². The van der Waals surface area contributed by atoms with Crippen LogP contribution in [0.5, 0.6) is 11.8 Å². The number of ether oxygens (including phenoxy) is 2. The maximum atomic E-state index is 13.3. The molecule has 0 aliphatic heterocycles. The fraction of sp³-hybridized carbons (Fsp3) is 0.231. The first kappa shape index (κ1) is 15.0. The molecule has 1 aromatic heterocycles. The zero-order valence-corrected chi connectivity index (χ0v) is 11.2. The summed E-state index contributed by atoms with van der Waals surface area (Å²) in [5.74, 6) is -3.98. The highest BCUT2D eigenvalue weighted by molar-refractivity contribution is 5.34. The zero-order chi connectivity index (χ0) is 15.6. The number of methoxy groups -OCH3 is 2. The maximum absolute atomic E-state index is 13.3. The fourth-order valence-electron chi connectivity index (χ4n) is 1.74. The van der Waals surface area contributed by atoms with E-state index in [2.05, 4.69) is 9.97 Å². The molecule has 0 radical (unpaired) electrons. The average Bonchev–Trinajstić information content (AvgIpc) is 2.50. The lowest BCUT2D eigenvalue weighted by Crippen LogP contribution is -2.16. The standard InChI is InChI=1S/C13H12F3N3O2/c1-20-9-5-18-12(13(19-9)21-2)11(17)6-3-7(14)10(16)8(15)4-6/h3-5,11H,17H2,1-2H3. The van der Waals surface area contributed by atoms with Crippen LogP contribution in [0.4, 0.5) is 13.2 Å². The minimum absolute atomic E-state index is 0.00386. The molecule has 0 fully saturated rings. The molecule has 2 N–H and O–H groups in total. The van der Waals surface area contributed by atoms with Gasteiger partial charge in [0.2, 0.25) is 11.8 Å². The third-order valence-corrected chi connectivity index (χ3v) is 2.81. The van der Waals surface area contributed by atoms with Gasteiger partial charge in [0, 0.05) is 0 Å². The Morgan fingerprint density at radius 1 is 1.10 bits per heavy atom. The smallest absolute Gasteiger partial charge is 0.240 e. The summed E-state index contributed by atoms with van der Waals surface area (Å²) in [5, 5.41) is 0. The van der Waals surface area contributed by atoms with Gasteiger partial charge in [-0.2, -0.15) is 4.98 Å². The van der Waals surface area contributed by atoms with Gasteiger partial charge in [-0.3, -0.25) is 0 Å². The van der Waals surface area contributed by atoms with Gasteiger partial charge in [-0.05, 0) is 17.7 Å². The van der Waals surface area contributed by atoms with Crippen LogP contribution in [0.2, 0.25) is 0 Å². The van der Waals surface area contributed by atoms with E-state index in [0.29, 0.717) is 0 Å². The van der Waals surface area contributed by atoms with Gasteiger partial charge >= 0.3 is 0 Å². The third kappa shape index (κ3) is 2.89. The highest BCUT2D eigenvalue weighted by Crippen LogP contribution is 2.28. The van der Waals surface area contributed by atoms with E-state index in [-0.39, 0.29) is 23.0 Å². The number of halogens is 3. The largest absolute Gasteiger partial charge is 0.480 e. The van der Waals surface area contributed by atoms with E-state index in [4.69, 9.17) is 15.2 Å². The van der Waals surface area contributed by atoms with Crippen LogP contribution in [-0.4, -0.2) is 24.2 Å². The van der Waals surface area contributed by atoms with E-state index in [0.717, 1.165) is 12.1 Å². The number of hydrogen-bond donors (Lipinski definition) is 1. The Morgan fingerprint density at radius 2 is 1.71 bits per heavy atom. The van der Waals surface area contributed by atoms with Gasteiger partial charge < -0.3 is 15.2 Å². The first-order chi connectivity index (χ1) is 9.97. The van der Waals surface area contributed by atoms with Crippen LogP contribution in [0, 0.1) is 17.5 Å². The second-order valence-electron chi connectivity index (χ2n) is 4.08. The first-order valence-corrected chi connectivity index (χ1v) is 5.82. The Kier molecular flexibility index (Phi) is 4.27. The van der Waals surface area contributed by atoms with Crippen LogP contribution in [-0.2, 0) is 0 Å².